The van der Waals surface area contributed by atoms with E-state index in [4.69, 9.17) is 9.47 Å². The van der Waals surface area contributed by atoms with Crippen molar-refractivity contribution in [2.45, 2.75) is 13.3 Å². The molecule has 0 radical (unpaired) electrons. The molecule has 5 heteroatoms. The SMILES string of the molecule is CNC(=O)N(C)CCc1cc2c(cc1C)OCO2. The van der Waals surface area contributed by atoms with E-state index in [2.05, 4.69) is 5.32 Å². The summed E-state index contributed by atoms with van der Waals surface area (Å²) in [7, 11) is 3.41. The number of fused-ring (bicyclic) bond motifs is 1. The molecular formula is C13H18N2O3. The van der Waals surface area contributed by atoms with Gasteiger partial charge in [0.05, 0.1) is 0 Å². The molecule has 0 unspecified atom stereocenters. The van der Waals surface area contributed by atoms with Crippen LogP contribution in [0.3, 0.4) is 0 Å². The molecule has 1 aliphatic rings. The summed E-state index contributed by atoms with van der Waals surface area (Å²) in [5.41, 5.74) is 2.33. The first-order valence-electron chi connectivity index (χ1n) is 5.94. The lowest BCUT2D eigenvalue weighted by Crippen LogP contribution is -2.36. The molecule has 1 heterocycles. The molecule has 0 spiro atoms. The van der Waals surface area contributed by atoms with Crippen LogP contribution in [0.4, 0.5) is 4.79 Å². The van der Waals surface area contributed by atoms with Crippen molar-refractivity contribution in [3.8, 4) is 11.5 Å². The van der Waals surface area contributed by atoms with Gasteiger partial charge in [-0.3, -0.25) is 0 Å². The minimum Gasteiger partial charge on any atom is -0.454 e. The fourth-order valence-corrected chi connectivity index (χ4v) is 1.94. The number of hydrogen-bond donors (Lipinski definition) is 1. The average molecular weight is 250 g/mol. The van der Waals surface area contributed by atoms with Crippen LogP contribution in [0.15, 0.2) is 12.1 Å². The van der Waals surface area contributed by atoms with E-state index in [-0.39, 0.29) is 12.8 Å². The zero-order chi connectivity index (χ0) is 13.1. The smallest absolute Gasteiger partial charge is 0.316 e. The average Bonchev–Trinajstić information content (AvgIpc) is 2.81. The lowest BCUT2D eigenvalue weighted by Gasteiger charge is -2.17. The van der Waals surface area contributed by atoms with Crippen molar-refractivity contribution in [1.29, 1.82) is 0 Å². The molecule has 2 amide bonds. The third-order valence-electron chi connectivity index (χ3n) is 3.11. The molecule has 18 heavy (non-hydrogen) atoms. The molecule has 1 aromatic rings. The minimum atomic E-state index is -0.0756. The van der Waals surface area contributed by atoms with E-state index >= 15 is 0 Å². The van der Waals surface area contributed by atoms with Gasteiger partial charge in [0, 0.05) is 20.6 Å². The van der Waals surface area contributed by atoms with Crippen LogP contribution in [-0.4, -0.2) is 38.4 Å². The van der Waals surface area contributed by atoms with Crippen LogP contribution in [0.2, 0.25) is 0 Å². The third kappa shape index (κ3) is 2.50. The standard InChI is InChI=1S/C13H18N2O3/c1-9-6-11-12(18-8-17-11)7-10(9)4-5-15(3)13(16)14-2/h6-7H,4-5,8H2,1-3H3,(H,14,16). The van der Waals surface area contributed by atoms with Crippen LogP contribution >= 0.6 is 0 Å². The fourth-order valence-electron chi connectivity index (χ4n) is 1.94. The summed E-state index contributed by atoms with van der Waals surface area (Å²) < 4.78 is 10.7. The van der Waals surface area contributed by atoms with Crippen molar-refractivity contribution in [1.82, 2.24) is 10.2 Å². The zero-order valence-electron chi connectivity index (χ0n) is 10.9. The highest BCUT2D eigenvalue weighted by Crippen LogP contribution is 2.34. The van der Waals surface area contributed by atoms with Gasteiger partial charge in [-0.2, -0.15) is 0 Å². The second-order valence-electron chi connectivity index (χ2n) is 4.36. The number of carbonyl (C=O) groups is 1. The first-order valence-corrected chi connectivity index (χ1v) is 5.94. The predicted molar refractivity (Wildman–Crippen MR) is 68.1 cm³/mol. The summed E-state index contributed by atoms with van der Waals surface area (Å²) in [6.07, 6.45) is 0.798. The Balaban J connectivity index is 2.04. The van der Waals surface area contributed by atoms with Gasteiger partial charge < -0.3 is 19.7 Å². The van der Waals surface area contributed by atoms with Crippen molar-refractivity contribution >= 4 is 6.03 Å². The summed E-state index contributed by atoms with van der Waals surface area (Å²) >= 11 is 0. The number of rotatable bonds is 3. The quantitative estimate of drug-likeness (QED) is 0.885. The normalized spacial score (nSPS) is 12.4. The van der Waals surface area contributed by atoms with Gasteiger partial charge in [0.15, 0.2) is 11.5 Å². The van der Waals surface area contributed by atoms with Crippen LogP contribution in [0.25, 0.3) is 0 Å². The second kappa shape index (κ2) is 5.16. The minimum absolute atomic E-state index is 0.0756. The lowest BCUT2D eigenvalue weighted by molar-refractivity contribution is 0.174. The maximum atomic E-state index is 11.4. The van der Waals surface area contributed by atoms with E-state index in [1.54, 1.807) is 19.0 Å². The predicted octanol–water partition coefficient (Wildman–Crippen LogP) is 1.54. The van der Waals surface area contributed by atoms with Gasteiger partial charge in [-0.15, -0.1) is 0 Å². The number of benzene rings is 1. The molecule has 1 N–H and O–H groups in total. The fraction of sp³-hybridized carbons (Fsp3) is 0.462. The lowest BCUT2D eigenvalue weighted by atomic mass is 10.0. The van der Waals surface area contributed by atoms with E-state index in [1.807, 2.05) is 19.1 Å². The Morgan fingerprint density at radius 3 is 2.72 bits per heavy atom. The molecule has 1 aromatic carbocycles. The van der Waals surface area contributed by atoms with E-state index in [0.717, 1.165) is 23.5 Å². The topological polar surface area (TPSA) is 50.8 Å². The number of urea groups is 1. The molecule has 0 fully saturated rings. The Kier molecular flexibility index (Phi) is 3.60. The highest BCUT2D eigenvalue weighted by Gasteiger charge is 2.16. The molecule has 0 aromatic heterocycles. The highest BCUT2D eigenvalue weighted by molar-refractivity contribution is 5.73. The summed E-state index contributed by atoms with van der Waals surface area (Å²) in [5.74, 6) is 1.59. The monoisotopic (exact) mass is 250 g/mol. The van der Waals surface area contributed by atoms with E-state index < -0.39 is 0 Å². The molecule has 1 aliphatic heterocycles. The van der Waals surface area contributed by atoms with Gasteiger partial charge in [0.1, 0.15) is 0 Å². The number of carbonyl (C=O) groups excluding carboxylic acids is 1. The number of aryl methyl sites for hydroxylation is 1. The molecule has 98 valence electrons. The Bertz CT molecular complexity index is 460. The molecule has 2 rings (SSSR count). The van der Waals surface area contributed by atoms with Crippen LogP contribution in [0.1, 0.15) is 11.1 Å². The first kappa shape index (κ1) is 12.5. The number of nitrogens with one attached hydrogen (secondary N) is 1. The maximum absolute atomic E-state index is 11.4. The molecular weight excluding hydrogens is 232 g/mol. The number of amides is 2. The van der Waals surface area contributed by atoms with Crippen LogP contribution in [0.5, 0.6) is 11.5 Å². The maximum Gasteiger partial charge on any atom is 0.316 e. The molecule has 0 saturated heterocycles. The summed E-state index contributed by atoms with van der Waals surface area (Å²) in [6.45, 7) is 2.99. The molecule has 0 atom stereocenters. The Hall–Kier alpha value is -1.91. The van der Waals surface area contributed by atoms with Gasteiger partial charge >= 0.3 is 6.03 Å². The number of likely N-dealkylation sites (N-methyl/N-ethyl adjacent to an activating group) is 1. The van der Waals surface area contributed by atoms with Crippen LogP contribution in [-0.2, 0) is 6.42 Å². The van der Waals surface area contributed by atoms with Gasteiger partial charge in [-0.1, -0.05) is 0 Å². The Labute approximate surface area is 107 Å². The van der Waals surface area contributed by atoms with Gasteiger partial charge in [0.2, 0.25) is 6.79 Å². The van der Waals surface area contributed by atoms with E-state index in [9.17, 15) is 4.79 Å². The Morgan fingerprint density at radius 2 is 2.06 bits per heavy atom. The molecule has 0 saturated carbocycles. The largest absolute Gasteiger partial charge is 0.454 e. The summed E-state index contributed by atoms with van der Waals surface area (Å²) in [6, 6.07) is 3.90. The van der Waals surface area contributed by atoms with Crippen molar-refractivity contribution in [2.24, 2.45) is 0 Å². The van der Waals surface area contributed by atoms with Crippen molar-refractivity contribution < 1.29 is 14.3 Å². The highest BCUT2D eigenvalue weighted by atomic mass is 16.7. The molecule has 0 aliphatic carbocycles. The zero-order valence-corrected chi connectivity index (χ0v) is 10.9. The first-order chi connectivity index (χ1) is 8.61. The van der Waals surface area contributed by atoms with E-state index in [1.165, 1.54) is 5.56 Å². The van der Waals surface area contributed by atoms with Crippen LogP contribution < -0.4 is 14.8 Å². The third-order valence-corrected chi connectivity index (χ3v) is 3.11. The summed E-state index contributed by atoms with van der Waals surface area (Å²) in [4.78, 5) is 13.0. The van der Waals surface area contributed by atoms with Gasteiger partial charge in [0.25, 0.3) is 0 Å². The van der Waals surface area contributed by atoms with E-state index in [0.29, 0.717) is 6.54 Å². The van der Waals surface area contributed by atoms with Crippen molar-refractivity contribution in [2.75, 3.05) is 27.4 Å². The number of nitrogens with zero attached hydrogens (tertiary/aromatic N) is 1. The molecule has 0 bridgehead atoms. The van der Waals surface area contributed by atoms with Crippen molar-refractivity contribution in [3.05, 3.63) is 23.3 Å². The van der Waals surface area contributed by atoms with Crippen molar-refractivity contribution in [3.63, 3.8) is 0 Å². The van der Waals surface area contributed by atoms with Gasteiger partial charge in [-0.05, 0) is 36.6 Å². The Morgan fingerprint density at radius 1 is 1.39 bits per heavy atom. The van der Waals surface area contributed by atoms with Crippen LogP contribution in [0, 0.1) is 6.92 Å². The number of ether oxygens (including phenoxy) is 2. The second-order valence-corrected chi connectivity index (χ2v) is 4.36. The summed E-state index contributed by atoms with van der Waals surface area (Å²) in [5, 5.41) is 2.60. The molecule has 5 nitrogen and oxygen atoms in total. The van der Waals surface area contributed by atoms with Gasteiger partial charge in [-0.25, -0.2) is 4.79 Å². The number of hydrogen-bond acceptors (Lipinski definition) is 3.